The Balaban J connectivity index is 1.32. The highest BCUT2D eigenvalue weighted by Gasteiger charge is 2.68. The van der Waals surface area contributed by atoms with E-state index in [9.17, 15) is 17.6 Å². The number of hydrogen-bond donors (Lipinski definition) is 1. The Morgan fingerprint density at radius 2 is 1.89 bits per heavy atom. The molecule has 2 atom stereocenters. The molecule has 2 unspecified atom stereocenters. The molecule has 0 radical (unpaired) electrons. The molecule has 7 nitrogen and oxygen atoms in total. The van der Waals surface area contributed by atoms with Crippen molar-refractivity contribution in [2.45, 2.75) is 50.5 Å². The van der Waals surface area contributed by atoms with Crippen molar-refractivity contribution in [2.75, 3.05) is 18.5 Å². The third kappa shape index (κ3) is 3.79. The molecule has 2 aliphatic heterocycles. The number of rotatable bonds is 6. The highest BCUT2D eigenvalue weighted by Crippen LogP contribution is 2.57. The predicted molar refractivity (Wildman–Crippen MR) is 132 cm³/mol. The van der Waals surface area contributed by atoms with Crippen molar-refractivity contribution < 1.29 is 27.0 Å². The highest BCUT2D eigenvalue weighted by atomic mass is 19.4. The molecule has 1 fully saturated rings. The standard InChI is InChI=1S/C27H25F4N5O2/c1-3-21-34-23(17-13-33-36(24(17)35-21)20-10-5-4-9-19(20)28)32-15-26(27(29,30)31)14-25(2,38-26)18-8-6-7-16-11-12-37-22(16)18/h4-10,13H,3,11-12,14-15H2,1-2H3,(H,32,34,35). The van der Waals surface area contributed by atoms with Gasteiger partial charge in [0.1, 0.15) is 28.9 Å². The van der Waals surface area contributed by atoms with Crippen molar-refractivity contribution in [2.24, 2.45) is 0 Å². The van der Waals surface area contributed by atoms with E-state index < -0.39 is 29.7 Å². The van der Waals surface area contributed by atoms with Crippen molar-refractivity contribution in [1.82, 2.24) is 19.7 Å². The van der Waals surface area contributed by atoms with Gasteiger partial charge in [0.2, 0.25) is 0 Å². The number of aromatic nitrogens is 4. The summed E-state index contributed by atoms with van der Waals surface area (Å²) in [5.74, 6) is 0.678. The first-order valence-electron chi connectivity index (χ1n) is 12.4. The van der Waals surface area contributed by atoms with Gasteiger partial charge in [-0.1, -0.05) is 37.3 Å². The van der Waals surface area contributed by atoms with Crippen LogP contribution in [0.1, 0.15) is 37.2 Å². The SMILES string of the molecule is CCc1nc(NCC2(C(F)(F)F)CC(C)(c3cccc4c3OCC4)O2)c2cnn(-c3ccccc3F)c2n1. The monoisotopic (exact) mass is 527 g/mol. The second-order valence-electron chi connectivity index (χ2n) is 9.83. The number of hydrogen-bond acceptors (Lipinski definition) is 6. The number of ether oxygens (including phenoxy) is 2. The molecule has 2 aliphatic rings. The summed E-state index contributed by atoms with van der Waals surface area (Å²) in [6.45, 7) is 3.41. The first-order chi connectivity index (χ1) is 18.1. The van der Waals surface area contributed by atoms with E-state index in [2.05, 4.69) is 20.4 Å². The molecule has 4 heterocycles. The third-order valence-corrected chi connectivity index (χ3v) is 7.26. The quantitative estimate of drug-likeness (QED) is 0.334. The van der Waals surface area contributed by atoms with Gasteiger partial charge in [0.05, 0.1) is 30.3 Å². The van der Waals surface area contributed by atoms with Crippen LogP contribution in [0.5, 0.6) is 5.75 Å². The minimum Gasteiger partial charge on any atom is -0.493 e. The number of anilines is 1. The zero-order chi connectivity index (χ0) is 26.7. The Kier molecular flexibility index (Phi) is 5.60. The lowest BCUT2D eigenvalue weighted by atomic mass is 9.74. The summed E-state index contributed by atoms with van der Waals surface area (Å²) in [5.41, 5.74) is -1.53. The summed E-state index contributed by atoms with van der Waals surface area (Å²) in [6.07, 6.45) is -2.38. The van der Waals surface area contributed by atoms with E-state index in [0.717, 1.165) is 12.0 Å². The van der Waals surface area contributed by atoms with E-state index in [1.165, 1.54) is 16.9 Å². The van der Waals surface area contributed by atoms with Crippen LogP contribution in [0.15, 0.2) is 48.7 Å². The number of nitrogens with zero attached hydrogens (tertiary/aromatic N) is 4. The number of halogens is 4. The summed E-state index contributed by atoms with van der Waals surface area (Å²) < 4.78 is 70.6. The van der Waals surface area contributed by atoms with Crippen LogP contribution in [0.2, 0.25) is 0 Å². The average Bonchev–Trinajstić information content (AvgIpc) is 3.52. The lowest BCUT2D eigenvalue weighted by Gasteiger charge is -2.55. The third-order valence-electron chi connectivity index (χ3n) is 7.26. The van der Waals surface area contributed by atoms with Crippen LogP contribution in [0, 0.1) is 5.82 Å². The summed E-state index contributed by atoms with van der Waals surface area (Å²) in [4.78, 5) is 8.89. The lowest BCUT2D eigenvalue weighted by Crippen LogP contribution is -2.67. The minimum atomic E-state index is -4.64. The molecule has 1 saturated heterocycles. The summed E-state index contributed by atoms with van der Waals surface area (Å²) in [5, 5.41) is 7.49. The molecule has 0 bridgehead atoms. The molecule has 11 heteroatoms. The fourth-order valence-electron chi connectivity index (χ4n) is 5.38. The van der Waals surface area contributed by atoms with Gasteiger partial charge in [0.25, 0.3) is 0 Å². The van der Waals surface area contributed by atoms with Gasteiger partial charge in [0.15, 0.2) is 11.2 Å². The van der Waals surface area contributed by atoms with Gasteiger partial charge in [-0.25, -0.2) is 19.0 Å². The molecule has 2 aromatic heterocycles. The molecule has 0 saturated carbocycles. The Bertz CT molecular complexity index is 1530. The van der Waals surface area contributed by atoms with E-state index in [1.54, 1.807) is 31.2 Å². The van der Waals surface area contributed by atoms with E-state index in [1.807, 2.05) is 19.1 Å². The normalized spacial score (nSPS) is 22.7. The highest BCUT2D eigenvalue weighted by molar-refractivity contribution is 5.87. The van der Waals surface area contributed by atoms with Gasteiger partial charge < -0.3 is 14.8 Å². The molecule has 0 amide bonds. The van der Waals surface area contributed by atoms with E-state index in [-0.39, 0.29) is 17.9 Å². The van der Waals surface area contributed by atoms with Crippen LogP contribution < -0.4 is 10.1 Å². The number of aryl methyl sites for hydroxylation is 1. The van der Waals surface area contributed by atoms with Gasteiger partial charge in [-0.3, -0.25) is 0 Å². The van der Waals surface area contributed by atoms with E-state index in [4.69, 9.17) is 9.47 Å². The molecular formula is C27H25F4N5O2. The molecular weight excluding hydrogens is 502 g/mol. The van der Waals surface area contributed by atoms with Gasteiger partial charge >= 0.3 is 6.18 Å². The zero-order valence-electron chi connectivity index (χ0n) is 20.8. The molecule has 6 rings (SSSR count). The fraction of sp³-hybridized carbons (Fsp3) is 0.370. The smallest absolute Gasteiger partial charge is 0.419 e. The Morgan fingerprint density at radius 1 is 1.11 bits per heavy atom. The van der Waals surface area contributed by atoms with Crippen LogP contribution in [0.4, 0.5) is 23.4 Å². The lowest BCUT2D eigenvalue weighted by molar-refractivity contribution is -0.380. The minimum absolute atomic E-state index is 0.177. The molecule has 4 aromatic rings. The first kappa shape index (κ1) is 24.6. The predicted octanol–water partition coefficient (Wildman–Crippen LogP) is 5.50. The van der Waals surface area contributed by atoms with Crippen molar-refractivity contribution in [3.8, 4) is 11.4 Å². The Hall–Kier alpha value is -3.73. The molecule has 2 aromatic carbocycles. The summed E-state index contributed by atoms with van der Waals surface area (Å²) in [7, 11) is 0. The van der Waals surface area contributed by atoms with Crippen molar-refractivity contribution >= 4 is 16.9 Å². The second-order valence-corrected chi connectivity index (χ2v) is 9.83. The Morgan fingerprint density at radius 3 is 2.63 bits per heavy atom. The summed E-state index contributed by atoms with van der Waals surface area (Å²) in [6, 6.07) is 11.6. The van der Waals surface area contributed by atoms with Crippen molar-refractivity contribution in [3.63, 3.8) is 0 Å². The fourth-order valence-corrected chi connectivity index (χ4v) is 5.38. The van der Waals surface area contributed by atoms with Gasteiger partial charge in [-0.15, -0.1) is 0 Å². The van der Waals surface area contributed by atoms with Crippen molar-refractivity contribution in [3.05, 3.63) is 71.4 Å². The van der Waals surface area contributed by atoms with E-state index in [0.29, 0.717) is 41.2 Å². The average molecular weight is 528 g/mol. The largest absolute Gasteiger partial charge is 0.493 e. The molecule has 0 spiro atoms. The Labute approximate surface area is 215 Å². The maximum Gasteiger partial charge on any atom is 0.419 e. The topological polar surface area (TPSA) is 74.1 Å². The number of benzene rings is 2. The number of para-hydroxylation sites is 2. The van der Waals surface area contributed by atoms with Crippen LogP contribution >= 0.6 is 0 Å². The van der Waals surface area contributed by atoms with Crippen molar-refractivity contribution in [1.29, 1.82) is 0 Å². The van der Waals surface area contributed by atoms with E-state index >= 15 is 0 Å². The zero-order valence-corrected chi connectivity index (χ0v) is 20.8. The number of fused-ring (bicyclic) bond motifs is 2. The number of nitrogens with one attached hydrogen (secondary N) is 1. The number of alkyl halides is 3. The first-order valence-corrected chi connectivity index (χ1v) is 12.4. The molecule has 0 aliphatic carbocycles. The van der Waals surface area contributed by atoms with Crippen LogP contribution in [-0.2, 0) is 23.2 Å². The van der Waals surface area contributed by atoms with Crippen LogP contribution in [0.25, 0.3) is 16.7 Å². The maximum absolute atomic E-state index is 14.5. The van der Waals surface area contributed by atoms with Gasteiger partial charge in [0, 0.05) is 24.8 Å². The molecule has 38 heavy (non-hydrogen) atoms. The van der Waals surface area contributed by atoms with Gasteiger partial charge in [-0.2, -0.15) is 18.3 Å². The second kappa shape index (κ2) is 8.65. The summed E-state index contributed by atoms with van der Waals surface area (Å²) >= 11 is 0. The van der Waals surface area contributed by atoms with Crippen LogP contribution in [-0.4, -0.2) is 44.7 Å². The van der Waals surface area contributed by atoms with Gasteiger partial charge in [-0.05, 0) is 24.6 Å². The maximum atomic E-state index is 14.5. The molecule has 1 N–H and O–H groups in total. The molecule has 198 valence electrons. The van der Waals surface area contributed by atoms with Crippen LogP contribution in [0.3, 0.4) is 0 Å².